The SMILES string of the molecule is Cc1cc(Cc2cnc3c(N)nc(OCC4CCCCC4)nn23)cnc1N1CCNCC1. The van der Waals surface area contributed by atoms with Gasteiger partial charge in [0.2, 0.25) is 0 Å². The number of hydrogen-bond acceptors (Lipinski definition) is 8. The number of pyridine rings is 1. The van der Waals surface area contributed by atoms with Gasteiger partial charge in [0.1, 0.15) is 5.82 Å². The van der Waals surface area contributed by atoms with Gasteiger partial charge in [0.15, 0.2) is 11.5 Å². The Morgan fingerprint density at radius 1 is 1.12 bits per heavy atom. The highest BCUT2D eigenvalue weighted by Crippen LogP contribution is 2.25. The van der Waals surface area contributed by atoms with Gasteiger partial charge in [0.05, 0.1) is 18.5 Å². The van der Waals surface area contributed by atoms with Crippen LogP contribution in [0.1, 0.15) is 48.9 Å². The van der Waals surface area contributed by atoms with Gasteiger partial charge in [-0.15, -0.1) is 5.10 Å². The number of nitrogens with one attached hydrogen (secondary N) is 1. The summed E-state index contributed by atoms with van der Waals surface area (Å²) in [7, 11) is 0. The van der Waals surface area contributed by atoms with Gasteiger partial charge in [0, 0.05) is 38.8 Å². The number of rotatable bonds is 6. The van der Waals surface area contributed by atoms with Gasteiger partial charge in [-0.3, -0.25) is 0 Å². The summed E-state index contributed by atoms with van der Waals surface area (Å²) in [6, 6.07) is 2.53. The molecule has 32 heavy (non-hydrogen) atoms. The van der Waals surface area contributed by atoms with Crippen molar-refractivity contribution in [2.75, 3.05) is 43.4 Å². The van der Waals surface area contributed by atoms with Crippen LogP contribution < -0.4 is 20.7 Å². The molecular formula is C23H32N8O. The molecule has 2 fully saturated rings. The molecule has 0 bridgehead atoms. The maximum absolute atomic E-state index is 6.16. The highest BCUT2D eigenvalue weighted by Gasteiger charge is 2.18. The first-order valence-electron chi connectivity index (χ1n) is 11.7. The summed E-state index contributed by atoms with van der Waals surface area (Å²) in [6.07, 6.45) is 10.7. The van der Waals surface area contributed by atoms with E-state index in [1.54, 1.807) is 4.52 Å². The molecule has 1 aliphatic heterocycles. The van der Waals surface area contributed by atoms with E-state index in [0.29, 0.717) is 36.4 Å². The Labute approximate surface area is 188 Å². The number of nitrogens with two attached hydrogens (primary N) is 1. The topological polar surface area (TPSA) is 106 Å². The zero-order chi connectivity index (χ0) is 21.9. The van der Waals surface area contributed by atoms with E-state index in [4.69, 9.17) is 15.5 Å². The maximum atomic E-state index is 6.16. The fraction of sp³-hybridized carbons (Fsp3) is 0.565. The molecule has 170 valence electrons. The first-order valence-corrected chi connectivity index (χ1v) is 11.7. The second kappa shape index (κ2) is 9.28. The number of fused-ring (bicyclic) bond motifs is 1. The second-order valence-electron chi connectivity index (χ2n) is 8.98. The molecule has 9 heteroatoms. The minimum absolute atomic E-state index is 0.322. The van der Waals surface area contributed by atoms with Crippen LogP contribution in [0.25, 0.3) is 5.65 Å². The number of anilines is 2. The van der Waals surface area contributed by atoms with Crippen molar-refractivity contribution in [3.63, 3.8) is 0 Å². The van der Waals surface area contributed by atoms with E-state index in [-0.39, 0.29) is 0 Å². The Morgan fingerprint density at radius 3 is 2.72 bits per heavy atom. The molecule has 3 N–H and O–H groups in total. The molecule has 5 rings (SSSR count). The van der Waals surface area contributed by atoms with Crippen LogP contribution in [0.3, 0.4) is 0 Å². The number of imidazole rings is 1. The Balaban J connectivity index is 1.33. The van der Waals surface area contributed by atoms with E-state index in [0.717, 1.165) is 43.3 Å². The number of nitrogen functional groups attached to an aromatic ring is 1. The highest BCUT2D eigenvalue weighted by atomic mass is 16.5. The van der Waals surface area contributed by atoms with Crippen molar-refractivity contribution in [3.05, 3.63) is 35.3 Å². The Hall–Kier alpha value is -2.94. The van der Waals surface area contributed by atoms with Crippen molar-refractivity contribution in [2.24, 2.45) is 5.92 Å². The van der Waals surface area contributed by atoms with E-state index >= 15 is 0 Å². The summed E-state index contributed by atoms with van der Waals surface area (Å²) >= 11 is 0. The standard InChI is InChI=1S/C23H32N8O/c1-16-11-18(13-26-21(16)30-9-7-25-8-10-30)12-19-14-27-22-20(24)28-23(29-31(19)22)32-15-17-5-3-2-4-6-17/h11,13-14,17,25H,2-10,12,15H2,1H3,(H2,24,28,29). The minimum atomic E-state index is 0.322. The van der Waals surface area contributed by atoms with Gasteiger partial charge in [-0.2, -0.15) is 4.98 Å². The summed E-state index contributed by atoms with van der Waals surface area (Å²) in [6.45, 7) is 6.74. The van der Waals surface area contributed by atoms with Gasteiger partial charge in [-0.05, 0) is 36.8 Å². The number of piperazine rings is 1. The third kappa shape index (κ3) is 4.48. The lowest BCUT2D eigenvalue weighted by molar-refractivity contribution is 0.194. The normalized spacial score (nSPS) is 17.7. The molecule has 9 nitrogen and oxygen atoms in total. The number of ether oxygens (including phenoxy) is 1. The van der Waals surface area contributed by atoms with Gasteiger partial charge >= 0.3 is 6.01 Å². The lowest BCUT2D eigenvalue weighted by Crippen LogP contribution is -2.44. The van der Waals surface area contributed by atoms with Crippen LogP contribution in [0.2, 0.25) is 0 Å². The third-order valence-electron chi connectivity index (χ3n) is 6.52. The molecule has 4 heterocycles. The molecule has 0 radical (unpaired) electrons. The molecule has 0 aromatic carbocycles. The number of aryl methyl sites for hydroxylation is 1. The van der Waals surface area contributed by atoms with E-state index in [9.17, 15) is 0 Å². The molecular weight excluding hydrogens is 404 g/mol. The lowest BCUT2D eigenvalue weighted by Gasteiger charge is -2.29. The third-order valence-corrected chi connectivity index (χ3v) is 6.52. The average molecular weight is 437 g/mol. The monoisotopic (exact) mass is 436 g/mol. The smallest absolute Gasteiger partial charge is 0.336 e. The van der Waals surface area contributed by atoms with Crippen molar-refractivity contribution in [1.29, 1.82) is 0 Å². The Kier molecular flexibility index (Phi) is 6.07. The summed E-state index contributed by atoms with van der Waals surface area (Å²) in [4.78, 5) is 15.9. The summed E-state index contributed by atoms with van der Waals surface area (Å²) in [5.74, 6) is 1.99. The predicted molar refractivity (Wildman–Crippen MR) is 124 cm³/mol. The van der Waals surface area contributed by atoms with Crippen LogP contribution in [0.15, 0.2) is 18.5 Å². The van der Waals surface area contributed by atoms with Crippen molar-refractivity contribution in [3.8, 4) is 6.01 Å². The molecule has 1 saturated heterocycles. The summed E-state index contributed by atoms with van der Waals surface area (Å²) < 4.78 is 7.70. The van der Waals surface area contributed by atoms with Crippen LogP contribution in [-0.2, 0) is 6.42 Å². The van der Waals surface area contributed by atoms with Gasteiger partial charge in [-0.1, -0.05) is 25.3 Å². The fourth-order valence-corrected chi connectivity index (χ4v) is 4.80. The molecule has 1 saturated carbocycles. The van der Waals surface area contributed by atoms with Crippen LogP contribution >= 0.6 is 0 Å². The van der Waals surface area contributed by atoms with Gasteiger partial charge in [-0.25, -0.2) is 14.5 Å². The van der Waals surface area contributed by atoms with E-state index in [1.165, 1.54) is 37.7 Å². The molecule has 0 spiro atoms. The molecule has 3 aromatic rings. The van der Waals surface area contributed by atoms with Crippen molar-refractivity contribution in [2.45, 2.75) is 45.4 Å². The molecule has 1 aliphatic carbocycles. The minimum Gasteiger partial charge on any atom is -0.462 e. The largest absolute Gasteiger partial charge is 0.462 e. The maximum Gasteiger partial charge on any atom is 0.336 e. The van der Waals surface area contributed by atoms with Crippen LogP contribution in [0, 0.1) is 12.8 Å². The van der Waals surface area contributed by atoms with Gasteiger partial charge in [0.25, 0.3) is 0 Å². The second-order valence-corrected chi connectivity index (χ2v) is 8.98. The molecule has 3 aromatic heterocycles. The highest BCUT2D eigenvalue weighted by molar-refractivity contribution is 5.60. The van der Waals surface area contributed by atoms with Gasteiger partial charge < -0.3 is 20.7 Å². The van der Waals surface area contributed by atoms with Crippen molar-refractivity contribution < 1.29 is 4.74 Å². The van der Waals surface area contributed by atoms with E-state index < -0.39 is 0 Å². The molecule has 0 amide bonds. The Bertz CT molecular complexity index is 1070. The number of hydrogen-bond donors (Lipinski definition) is 2. The van der Waals surface area contributed by atoms with Crippen LogP contribution in [0.4, 0.5) is 11.6 Å². The molecule has 0 unspecified atom stereocenters. The van der Waals surface area contributed by atoms with Crippen molar-refractivity contribution in [1.82, 2.24) is 29.9 Å². The molecule has 2 aliphatic rings. The number of aromatic nitrogens is 5. The molecule has 0 atom stereocenters. The van der Waals surface area contributed by atoms with E-state index in [1.807, 2.05) is 12.4 Å². The zero-order valence-corrected chi connectivity index (χ0v) is 18.8. The summed E-state index contributed by atoms with van der Waals surface area (Å²) in [5, 5.41) is 7.98. The predicted octanol–water partition coefficient (Wildman–Crippen LogP) is 2.37. The lowest BCUT2D eigenvalue weighted by atomic mass is 9.90. The van der Waals surface area contributed by atoms with E-state index in [2.05, 4.69) is 38.3 Å². The van der Waals surface area contributed by atoms with Crippen LogP contribution in [0.5, 0.6) is 6.01 Å². The average Bonchev–Trinajstić information content (AvgIpc) is 3.22. The Morgan fingerprint density at radius 2 is 1.94 bits per heavy atom. The quantitative estimate of drug-likeness (QED) is 0.607. The van der Waals surface area contributed by atoms with Crippen LogP contribution in [-0.4, -0.2) is 57.4 Å². The first-order chi connectivity index (χ1) is 15.7. The number of nitrogens with zero attached hydrogens (tertiary/aromatic N) is 6. The zero-order valence-electron chi connectivity index (χ0n) is 18.8. The fourth-order valence-electron chi connectivity index (χ4n) is 4.80. The summed E-state index contributed by atoms with van der Waals surface area (Å²) in [5.41, 5.74) is 9.96. The van der Waals surface area contributed by atoms with Crippen molar-refractivity contribution >= 4 is 17.3 Å². The first kappa shape index (κ1) is 20.9.